The van der Waals surface area contributed by atoms with Crippen LogP contribution in [0, 0.1) is 0 Å². The van der Waals surface area contributed by atoms with Crippen LogP contribution in [0.25, 0.3) is 0 Å². The molecule has 0 unspecified atom stereocenters. The van der Waals surface area contributed by atoms with Crippen LogP contribution in [0.4, 0.5) is 0 Å². The van der Waals surface area contributed by atoms with Crippen LogP contribution in [0.2, 0.25) is 0 Å². The molecule has 0 aromatic rings. The van der Waals surface area contributed by atoms with Gasteiger partial charge in [0.2, 0.25) is 0 Å². The van der Waals surface area contributed by atoms with Gasteiger partial charge in [-0.05, 0) is 13.8 Å². The van der Waals surface area contributed by atoms with Crippen molar-refractivity contribution in [3.05, 3.63) is 0 Å². The molecule has 1 aliphatic heterocycles. The van der Waals surface area contributed by atoms with E-state index in [1.165, 1.54) is 25.9 Å². The Labute approximate surface area is 81.5 Å². The number of carboxylic acid groups (broad SMARTS) is 2. The molecule has 1 heterocycles. The molecular weight excluding hydrogens is 188 g/mol. The smallest absolute Gasteiger partial charge is 0.325 e. The predicted molar refractivity (Wildman–Crippen MR) is 47.6 cm³/mol. The van der Waals surface area contributed by atoms with E-state index in [0.717, 1.165) is 0 Å². The van der Waals surface area contributed by atoms with Gasteiger partial charge in [-0.1, -0.05) is 0 Å². The van der Waals surface area contributed by atoms with Crippen molar-refractivity contribution in [2.75, 3.05) is 7.05 Å². The normalized spacial score (nSPS) is 38.5. The van der Waals surface area contributed by atoms with E-state index < -0.39 is 23.0 Å². The van der Waals surface area contributed by atoms with E-state index in [9.17, 15) is 9.59 Å². The number of carbonyl (C=O) groups is 2. The van der Waals surface area contributed by atoms with Gasteiger partial charge in [-0.2, -0.15) is 0 Å². The van der Waals surface area contributed by atoms with Gasteiger partial charge in [0, 0.05) is 13.5 Å². The summed E-state index contributed by atoms with van der Waals surface area (Å²) in [5.41, 5.74) is 0.275. The van der Waals surface area contributed by atoms with E-state index in [1.807, 2.05) is 0 Å². The van der Waals surface area contributed by atoms with E-state index in [0.29, 0.717) is 0 Å². The van der Waals surface area contributed by atoms with E-state index >= 15 is 0 Å². The number of aliphatic carboxylic acids is 2. The number of hydrazine groups is 1. The van der Waals surface area contributed by atoms with E-state index in [-0.39, 0.29) is 6.42 Å². The number of nitrogens with zero attached hydrogens (tertiary/aromatic N) is 1. The topological polar surface area (TPSA) is 89.9 Å². The monoisotopic (exact) mass is 202 g/mol. The Hall–Kier alpha value is -1.14. The standard InChI is InChI=1S/C8H14N2O4/c1-7(5(11)12)4-8(2,6(13)14)10(3)9-7/h9H,4H2,1-3H3,(H,11,12)(H,13,14)/t7-,8+/m1/s1. The lowest BCUT2D eigenvalue weighted by molar-refractivity contribution is -0.148. The Morgan fingerprint density at radius 2 is 1.79 bits per heavy atom. The zero-order valence-corrected chi connectivity index (χ0v) is 8.37. The third-order valence-corrected chi connectivity index (χ3v) is 2.79. The van der Waals surface area contributed by atoms with Crippen molar-refractivity contribution >= 4 is 11.9 Å². The second-order valence-corrected chi connectivity index (χ2v) is 4.06. The number of likely N-dealkylation sites (N-methyl/N-ethyl adjacent to an activating group) is 1. The molecule has 0 spiro atoms. The predicted octanol–water partition coefficient (Wildman–Crippen LogP) is -0.487. The van der Waals surface area contributed by atoms with Crippen LogP contribution >= 0.6 is 0 Å². The molecule has 0 saturated carbocycles. The van der Waals surface area contributed by atoms with Crippen molar-refractivity contribution in [3.63, 3.8) is 0 Å². The molecule has 80 valence electrons. The Kier molecular flexibility index (Phi) is 2.29. The van der Waals surface area contributed by atoms with Gasteiger partial charge >= 0.3 is 11.9 Å². The fraction of sp³-hybridized carbons (Fsp3) is 0.750. The zero-order valence-electron chi connectivity index (χ0n) is 8.37. The first-order valence-corrected chi connectivity index (χ1v) is 4.21. The highest BCUT2D eigenvalue weighted by molar-refractivity contribution is 5.84. The molecule has 0 bridgehead atoms. The summed E-state index contributed by atoms with van der Waals surface area (Å²) < 4.78 is 0. The molecule has 2 atom stereocenters. The van der Waals surface area contributed by atoms with Crippen molar-refractivity contribution in [2.45, 2.75) is 31.3 Å². The van der Waals surface area contributed by atoms with Crippen LogP contribution in [0.15, 0.2) is 0 Å². The van der Waals surface area contributed by atoms with Crippen LogP contribution < -0.4 is 5.43 Å². The highest BCUT2D eigenvalue weighted by Gasteiger charge is 2.54. The third kappa shape index (κ3) is 1.36. The summed E-state index contributed by atoms with van der Waals surface area (Å²) in [6.07, 6.45) is 0.0289. The van der Waals surface area contributed by atoms with Crippen LogP contribution in [0.3, 0.4) is 0 Å². The first-order valence-electron chi connectivity index (χ1n) is 4.21. The van der Waals surface area contributed by atoms with E-state index in [2.05, 4.69) is 5.43 Å². The summed E-state index contributed by atoms with van der Waals surface area (Å²) >= 11 is 0. The quantitative estimate of drug-likeness (QED) is 0.560. The summed E-state index contributed by atoms with van der Waals surface area (Å²) in [5.74, 6) is -2.08. The van der Waals surface area contributed by atoms with Crippen molar-refractivity contribution in [1.82, 2.24) is 10.4 Å². The van der Waals surface area contributed by atoms with Crippen LogP contribution in [0.5, 0.6) is 0 Å². The Morgan fingerprint density at radius 1 is 1.29 bits per heavy atom. The molecule has 0 aromatic carbocycles. The van der Waals surface area contributed by atoms with Gasteiger partial charge in [0.1, 0.15) is 11.1 Å². The second-order valence-electron chi connectivity index (χ2n) is 4.06. The number of rotatable bonds is 2. The van der Waals surface area contributed by atoms with Gasteiger partial charge in [-0.25, -0.2) is 10.4 Å². The Bertz CT molecular complexity index is 293. The SMILES string of the molecule is CN1N[C@@](C)(C(=O)O)C[C@@]1(C)C(=O)O. The van der Waals surface area contributed by atoms with Gasteiger partial charge < -0.3 is 10.2 Å². The first kappa shape index (κ1) is 10.9. The van der Waals surface area contributed by atoms with Crippen molar-refractivity contribution < 1.29 is 19.8 Å². The molecule has 1 fully saturated rings. The first-order chi connectivity index (χ1) is 6.22. The summed E-state index contributed by atoms with van der Waals surface area (Å²) in [6.45, 7) is 2.97. The lowest BCUT2D eigenvalue weighted by atomic mass is 9.88. The molecule has 1 saturated heterocycles. The molecule has 1 aliphatic rings. The highest BCUT2D eigenvalue weighted by atomic mass is 16.4. The Balaban J connectivity index is 2.99. The average Bonchev–Trinajstić information content (AvgIpc) is 2.25. The molecule has 6 heteroatoms. The van der Waals surface area contributed by atoms with Gasteiger partial charge in [0.05, 0.1) is 0 Å². The third-order valence-electron chi connectivity index (χ3n) is 2.79. The highest BCUT2D eigenvalue weighted by Crippen LogP contribution is 2.32. The van der Waals surface area contributed by atoms with Crippen LogP contribution in [0.1, 0.15) is 20.3 Å². The lowest BCUT2D eigenvalue weighted by Gasteiger charge is -2.25. The number of carboxylic acids is 2. The number of hydrogen-bond acceptors (Lipinski definition) is 4. The molecule has 3 N–H and O–H groups in total. The molecule has 0 aliphatic carbocycles. The minimum Gasteiger partial charge on any atom is -0.480 e. The molecular formula is C8H14N2O4. The van der Waals surface area contributed by atoms with E-state index in [4.69, 9.17) is 10.2 Å². The van der Waals surface area contributed by atoms with Gasteiger partial charge in [0.25, 0.3) is 0 Å². The molecule has 0 radical (unpaired) electrons. The molecule has 0 aromatic heterocycles. The minimum absolute atomic E-state index is 0.0289. The minimum atomic E-state index is -1.21. The molecule has 6 nitrogen and oxygen atoms in total. The molecule has 1 rings (SSSR count). The molecule has 0 amide bonds. The largest absolute Gasteiger partial charge is 0.480 e. The maximum atomic E-state index is 11.0. The summed E-state index contributed by atoms with van der Waals surface area (Å²) in [6, 6.07) is 0. The fourth-order valence-electron chi connectivity index (χ4n) is 1.68. The fourth-order valence-corrected chi connectivity index (χ4v) is 1.68. The Morgan fingerprint density at radius 3 is 2.00 bits per heavy atom. The number of nitrogens with one attached hydrogen (secondary N) is 1. The van der Waals surface area contributed by atoms with E-state index in [1.54, 1.807) is 0 Å². The van der Waals surface area contributed by atoms with Gasteiger partial charge in [-0.15, -0.1) is 0 Å². The zero-order chi connectivity index (χ0) is 11.1. The van der Waals surface area contributed by atoms with Crippen LogP contribution in [-0.4, -0.2) is 45.3 Å². The van der Waals surface area contributed by atoms with Crippen molar-refractivity contribution in [3.8, 4) is 0 Å². The van der Waals surface area contributed by atoms with Crippen molar-refractivity contribution in [2.24, 2.45) is 0 Å². The van der Waals surface area contributed by atoms with Gasteiger partial charge in [-0.3, -0.25) is 9.59 Å². The summed E-state index contributed by atoms with van der Waals surface area (Å²) in [4.78, 5) is 21.9. The lowest BCUT2D eigenvalue weighted by Crippen LogP contribution is -2.51. The summed E-state index contributed by atoms with van der Waals surface area (Å²) in [5, 5.41) is 19.2. The van der Waals surface area contributed by atoms with Crippen molar-refractivity contribution in [1.29, 1.82) is 0 Å². The van der Waals surface area contributed by atoms with Crippen LogP contribution in [-0.2, 0) is 9.59 Å². The number of hydrogen-bond donors (Lipinski definition) is 3. The van der Waals surface area contributed by atoms with Gasteiger partial charge in [0.15, 0.2) is 0 Å². The summed E-state index contributed by atoms with van der Waals surface area (Å²) in [7, 11) is 1.53. The average molecular weight is 202 g/mol. The maximum Gasteiger partial charge on any atom is 0.325 e. The second kappa shape index (κ2) is 2.93. The molecule has 14 heavy (non-hydrogen) atoms. The maximum absolute atomic E-state index is 11.0.